The molecule has 0 aromatic heterocycles. The van der Waals surface area contributed by atoms with Crippen molar-refractivity contribution in [1.82, 2.24) is 5.32 Å². The first kappa shape index (κ1) is 27.6. The fourth-order valence-electron chi connectivity index (χ4n) is 7.60. The number of aliphatic hydroxyl groups is 1. The van der Waals surface area contributed by atoms with E-state index in [0.717, 1.165) is 19.3 Å². The number of nitrogens with one attached hydrogen (secondary N) is 2. The summed E-state index contributed by atoms with van der Waals surface area (Å²) in [6.45, 7) is 11.9. The van der Waals surface area contributed by atoms with Crippen LogP contribution in [-0.2, 0) is 14.3 Å². The van der Waals surface area contributed by atoms with E-state index in [9.17, 15) is 19.5 Å². The van der Waals surface area contributed by atoms with Gasteiger partial charge in [0.15, 0.2) is 0 Å². The van der Waals surface area contributed by atoms with E-state index in [4.69, 9.17) is 16.3 Å². The fourth-order valence-corrected chi connectivity index (χ4v) is 7.79. The molecule has 3 aliphatic rings. The molecule has 37 heavy (non-hydrogen) atoms. The molecule has 4 rings (SSSR count). The van der Waals surface area contributed by atoms with Gasteiger partial charge in [-0.05, 0) is 61.1 Å². The van der Waals surface area contributed by atoms with Gasteiger partial charge in [0.1, 0.15) is 18.4 Å². The Morgan fingerprint density at radius 3 is 2.68 bits per heavy atom. The van der Waals surface area contributed by atoms with Crippen molar-refractivity contribution in [3.8, 4) is 0 Å². The zero-order valence-corrected chi connectivity index (χ0v) is 22.9. The van der Waals surface area contributed by atoms with Gasteiger partial charge in [-0.15, -0.1) is 6.58 Å². The highest BCUT2D eigenvalue weighted by Gasteiger charge is 2.68. The average Bonchev–Trinajstić information content (AvgIpc) is 3.21. The van der Waals surface area contributed by atoms with Gasteiger partial charge in [0.05, 0.1) is 6.10 Å². The first-order valence-corrected chi connectivity index (χ1v) is 13.6. The molecule has 0 spiro atoms. The van der Waals surface area contributed by atoms with Gasteiger partial charge < -0.3 is 20.5 Å². The van der Waals surface area contributed by atoms with Gasteiger partial charge in [-0.3, -0.25) is 9.59 Å². The van der Waals surface area contributed by atoms with E-state index in [-0.39, 0.29) is 35.5 Å². The van der Waals surface area contributed by atoms with Gasteiger partial charge >= 0.3 is 12.0 Å². The molecule has 202 valence electrons. The third-order valence-electron chi connectivity index (χ3n) is 10.1. The molecule has 3 saturated carbocycles. The Morgan fingerprint density at radius 1 is 1.27 bits per heavy atom. The average molecular weight is 531 g/mol. The molecule has 1 aromatic rings. The van der Waals surface area contributed by atoms with Crippen molar-refractivity contribution in [3.63, 3.8) is 0 Å². The number of hydrogen-bond donors (Lipinski definition) is 3. The quantitative estimate of drug-likeness (QED) is 0.351. The molecular weight excluding hydrogens is 492 g/mol. The zero-order valence-electron chi connectivity index (χ0n) is 22.2. The normalized spacial score (nSPS) is 39.1. The smallest absolute Gasteiger partial charge is 0.325 e. The number of carbonyl (C=O) groups excluding carboxylic acids is 3. The molecule has 0 unspecified atom stereocenters. The maximum atomic E-state index is 13.4. The molecule has 1 aromatic carbocycles. The summed E-state index contributed by atoms with van der Waals surface area (Å²) in [5.41, 5.74) is -1.13. The number of urea groups is 1. The molecule has 8 atom stereocenters. The van der Waals surface area contributed by atoms with E-state index in [1.807, 2.05) is 6.92 Å². The Hall–Kier alpha value is -2.38. The lowest BCUT2D eigenvalue weighted by Gasteiger charge is -2.61. The largest absolute Gasteiger partial charge is 0.460 e. The lowest BCUT2D eigenvalue weighted by atomic mass is 9.44. The number of ether oxygens (including phenoxy) is 1. The molecule has 3 fully saturated rings. The number of halogens is 1. The molecule has 2 bridgehead atoms. The number of aliphatic hydroxyl groups excluding tert-OH is 1. The minimum absolute atomic E-state index is 0.0905. The Labute approximate surface area is 224 Å². The van der Waals surface area contributed by atoms with Crippen LogP contribution in [0.3, 0.4) is 0 Å². The molecule has 2 amide bonds. The van der Waals surface area contributed by atoms with Crippen molar-refractivity contribution in [2.75, 3.05) is 11.9 Å². The summed E-state index contributed by atoms with van der Waals surface area (Å²) in [6.07, 6.45) is 3.78. The van der Waals surface area contributed by atoms with Crippen LogP contribution in [0.25, 0.3) is 0 Å². The van der Waals surface area contributed by atoms with Crippen LogP contribution in [0.5, 0.6) is 0 Å². The fraction of sp³-hybridized carbons (Fsp3) is 0.621. The Bertz CT molecular complexity index is 1090. The highest BCUT2D eigenvalue weighted by Crippen LogP contribution is 2.67. The number of anilines is 1. The Kier molecular flexibility index (Phi) is 7.52. The number of Topliss-reactive ketones (excluding diaryl/α,β-unsaturated/α-hetero) is 1. The Morgan fingerprint density at radius 2 is 2.00 bits per heavy atom. The van der Waals surface area contributed by atoms with Crippen molar-refractivity contribution in [2.45, 2.75) is 72.0 Å². The minimum atomic E-state index is -0.723. The minimum Gasteiger partial charge on any atom is -0.460 e. The number of benzene rings is 1. The summed E-state index contributed by atoms with van der Waals surface area (Å²) in [6, 6.07) is 6.15. The lowest BCUT2D eigenvalue weighted by molar-refractivity contribution is -0.206. The number of ketones is 1. The summed E-state index contributed by atoms with van der Waals surface area (Å²) in [7, 11) is 0. The number of amides is 2. The standard InChI is InChI=1S/C29H39ClN2O5/c1-6-27(4)15-22(37-23(34)16-31-26(36)32-20-9-7-8-19(30)14-20)28(5)17(2)10-12-29(18(3)25(27)35)13-11-21(33)24(28)29/h6-9,14,17-18,22,24-25,35H,1,10-13,15-16H2,2-5H3,(H2,31,32,36)/t17-,18+,22-,24+,25+,27-,28+,29+/m1/s1. The van der Waals surface area contributed by atoms with Gasteiger partial charge in [-0.1, -0.05) is 51.4 Å². The van der Waals surface area contributed by atoms with Crippen LogP contribution in [0, 0.1) is 34.0 Å². The van der Waals surface area contributed by atoms with E-state index in [2.05, 4.69) is 38.0 Å². The zero-order chi connectivity index (χ0) is 27.2. The number of hydrogen-bond acceptors (Lipinski definition) is 5. The third-order valence-corrected chi connectivity index (χ3v) is 10.3. The second kappa shape index (κ2) is 10.1. The van der Waals surface area contributed by atoms with Crippen LogP contribution in [-0.4, -0.2) is 41.6 Å². The molecule has 0 aliphatic heterocycles. The highest BCUT2D eigenvalue weighted by molar-refractivity contribution is 6.30. The SMILES string of the molecule is C=C[C@]1(C)C[C@@H](OC(=O)CNC(=O)Nc2cccc(Cl)c2)[C@]2(C)[C@H](C)CC[C@]3(CCC(=O)[C@H]32)[C@@H](C)[C@@H]1O. The van der Waals surface area contributed by atoms with Crippen LogP contribution in [0.2, 0.25) is 5.02 Å². The summed E-state index contributed by atoms with van der Waals surface area (Å²) >= 11 is 5.96. The second-order valence-corrected chi connectivity index (χ2v) is 12.3. The van der Waals surface area contributed by atoms with Gasteiger partial charge in [-0.25, -0.2) is 4.79 Å². The highest BCUT2D eigenvalue weighted by atomic mass is 35.5. The van der Waals surface area contributed by atoms with Gasteiger partial charge in [0.2, 0.25) is 0 Å². The molecule has 3 aliphatic carbocycles. The van der Waals surface area contributed by atoms with E-state index in [1.165, 1.54) is 0 Å². The maximum absolute atomic E-state index is 13.4. The molecule has 7 nitrogen and oxygen atoms in total. The molecule has 8 heteroatoms. The first-order chi connectivity index (χ1) is 17.4. The topological polar surface area (TPSA) is 105 Å². The van der Waals surface area contributed by atoms with Crippen molar-refractivity contribution in [2.24, 2.45) is 34.0 Å². The van der Waals surface area contributed by atoms with Crippen molar-refractivity contribution in [3.05, 3.63) is 41.9 Å². The van der Waals surface area contributed by atoms with Crippen molar-refractivity contribution >= 4 is 35.1 Å². The van der Waals surface area contributed by atoms with Gasteiger partial charge in [-0.2, -0.15) is 0 Å². The molecule has 0 saturated heterocycles. The predicted molar refractivity (Wildman–Crippen MR) is 143 cm³/mol. The van der Waals surface area contributed by atoms with E-state index in [1.54, 1.807) is 30.3 Å². The van der Waals surface area contributed by atoms with E-state index in [0.29, 0.717) is 23.6 Å². The number of esters is 1. The van der Waals surface area contributed by atoms with Crippen LogP contribution < -0.4 is 10.6 Å². The van der Waals surface area contributed by atoms with Crippen molar-refractivity contribution < 1.29 is 24.2 Å². The summed E-state index contributed by atoms with van der Waals surface area (Å²) in [5.74, 6) is -0.626. The van der Waals surface area contributed by atoms with Crippen LogP contribution in [0.1, 0.15) is 59.8 Å². The lowest BCUT2D eigenvalue weighted by Crippen LogP contribution is -2.63. The summed E-state index contributed by atoms with van der Waals surface area (Å²) in [5, 5.41) is 17.3. The van der Waals surface area contributed by atoms with Gasteiger partial charge in [0.25, 0.3) is 0 Å². The number of rotatable bonds is 5. The third kappa shape index (κ3) is 4.69. The van der Waals surface area contributed by atoms with Crippen LogP contribution >= 0.6 is 11.6 Å². The van der Waals surface area contributed by atoms with Crippen LogP contribution in [0.15, 0.2) is 36.9 Å². The Balaban J connectivity index is 1.58. The van der Waals surface area contributed by atoms with Gasteiger partial charge in [0, 0.05) is 33.9 Å². The molecule has 0 heterocycles. The second-order valence-electron chi connectivity index (χ2n) is 11.9. The van der Waals surface area contributed by atoms with Crippen molar-refractivity contribution in [1.29, 1.82) is 0 Å². The number of carbonyl (C=O) groups is 3. The van der Waals surface area contributed by atoms with E-state index >= 15 is 0 Å². The summed E-state index contributed by atoms with van der Waals surface area (Å²) < 4.78 is 6.13. The molecule has 3 N–H and O–H groups in total. The maximum Gasteiger partial charge on any atom is 0.325 e. The first-order valence-electron chi connectivity index (χ1n) is 13.2. The predicted octanol–water partition coefficient (Wildman–Crippen LogP) is 5.37. The van der Waals surface area contributed by atoms with E-state index < -0.39 is 35.0 Å². The molecule has 0 radical (unpaired) electrons. The summed E-state index contributed by atoms with van der Waals surface area (Å²) in [4.78, 5) is 38.9. The van der Waals surface area contributed by atoms with Crippen LogP contribution in [0.4, 0.5) is 10.5 Å². The molecular formula is C29H39ClN2O5. The monoisotopic (exact) mass is 530 g/mol.